The first-order valence-corrected chi connectivity index (χ1v) is 6.71. The zero-order valence-electron chi connectivity index (χ0n) is 11.8. The fourth-order valence-electron chi connectivity index (χ4n) is 2.46. The van der Waals surface area contributed by atoms with Gasteiger partial charge in [0.1, 0.15) is 11.8 Å². The number of pyridine rings is 1. The van der Waals surface area contributed by atoms with Crippen molar-refractivity contribution in [2.24, 2.45) is 0 Å². The van der Waals surface area contributed by atoms with Crippen LogP contribution < -0.4 is 5.56 Å². The van der Waals surface area contributed by atoms with Gasteiger partial charge in [0.05, 0.1) is 11.3 Å². The van der Waals surface area contributed by atoms with Crippen LogP contribution in [0.1, 0.15) is 5.56 Å². The lowest BCUT2D eigenvalue weighted by atomic mass is 10.1. The third kappa shape index (κ3) is 2.03. The van der Waals surface area contributed by atoms with Gasteiger partial charge in [-0.1, -0.05) is 12.1 Å². The van der Waals surface area contributed by atoms with E-state index in [1.54, 1.807) is 0 Å². The van der Waals surface area contributed by atoms with Gasteiger partial charge in [0.15, 0.2) is 5.52 Å². The van der Waals surface area contributed by atoms with Crippen LogP contribution in [0.2, 0.25) is 0 Å². The molecule has 7 nitrogen and oxygen atoms in total. The van der Waals surface area contributed by atoms with E-state index in [0.717, 1.165) is 10.6 Å². The number of alkyl halides is 3. The highest BCUT2D eigenvalue weighted by atomic mass is 19.4. The van der Waals surface area contributed by atoms with E-state index in [1.807, 2.05) is 0 Å². The van der Waals surface area contributed by atoms with E-state index < -0.39 is 17.3 Å². The van der Waals surface area contributed by atoms with Gasteiger partial charge in [-0.25, -0.2) is 0 Å². The molecule has 0 fully saturated rings. The lowest BCUT2D eigenvalue weighted by molar-refractivity contribution is -0.137. The third-order valence-electron chi connectivity index (χ3n) is 3.51. The molecule has 3 heterocycles. The number of hydrogen-bond acceptors (Lipinski definition) is 5. The molecular weight excluding hydrogens is 325 g/mol. The fraction of sp³-hybridized carbons (Fsp3) is 0.0714. The standard InChI is InChI=1S/C14H7F3N6O/c15-14(16,17)8-3-1-2-4-9(8)22-6-5-10-11(12(22)24)20-21-13-18-7-19-23(10)13/h1-7H. The molecule has 3 aromatic heterocycles. The molecule has 0 aliphatic heterocycles. The van der Waals surface area contributed by atoms with Crippen LogP contribution >= 0.6 is 0 Å². The highest BCUT2D eigenvalue weighted by Crippen LogP contribution is 2.33. The maximum absolute atomic E-state index is 13.2. The number of fused-ring (bicyclic) bond motifs is 3. The third-order valence-corrected chi connectivity index (χ3v) is 3.51. The second-order valence-corrected chi connectivity index (χ2v) is 4.91. The SMILES string of the molecule is O=c1c2nnc3ncnn3c2ccn1-c1ccccc1C(F)(F)F. The Hall–Kier alpha value is -3.30. The Morgan fingerprint density at radius 3 is 2.62 bits per heavy atom. The molecule has 0 aliphatic carbocycles. The predicted octanol–water partition coefficient (Wildman–Crippen LogP) is 1.84. The molecule has 4 aromatic rings. The van der Waals surface area contributed by atoms with Crippen molar-refractivity contribution in [1.29, 1.82) is 0 Å². The van der Waals surface area contributed by atoms with E-state index in [2.05, 4.69) is 20.3 Å². The lowest BCUT2D eigenvalue weighted by Gasteiger charge is -2.14. The van der Waals surface area contributed by atoms with Crippen molar-refractivity contribution in [3.05, 3.63) is 58.8 Å². The van der Waals surface area contributed by atoms with Crippen molar-refractivity contribution in [3.8, 4) is 5.69 Å². The van der Waals surface area contributed by atoms with Crippen LogP contribution in [0.15, 0.2) is 47.7 Å². The molecule has 0 radical (unpaired) electrons. The first-order chi connectivity index (χ1) is 11.5. The molecule has 120 valence electrons. The summed E-state index contributed by atoms with van der Waals surface area (Å²) in [5, 5.41) is 11.4. The van der Waals surface area contributed by atoms with Crippen molar-refractivity contribution >= 4 is 16.8 Å². The largest absolute Gasteiger partial charge is 0.418 e. The van der Waals surface area contributed by atoms with Gasteiger partial charge in [-0.2, -0.15) is 27.8 Å². The Morgan fingerprint density at radius 2 is 1.83 bits per heavy atom. The minimum atomic E-state index is -4.59. The zero-order valence-corrected chi connectivity index (χ0v) is 11.8. The van der Waals surface area contributed by atoms with Gasteiger partial charge in [-0.3, -0.25) is 9.36 Å². The summed E-state index contributed by atoms with van der Waals surface area (Å²) in [4.78, 5) is 16.5. The minimum absolute atomic E-state index is 0.104. The van der Waals surface area contributed by atoms with E-state index in [-0.39, 0.29) is 17.0 Å². The molecule has 24 heavy (non-hydrogen) atoms. The van der Waals surface area contributed by atoms with Crippen molar-refractivity contribution in [1.82, 2.24) is 29.4 Å². The first-order valence-electron chi connectivity index (χ1n) is 6.71. The summed E-state index contributed by atoms with van der Waals surface area (Å²) in [7, 11) is 0. The monoisotopic (exact) mass is 332 g/mol. The van der Waals surface area contributed by atoms with Crippen LogP contribution in [-0.4, -0.2) is 29.4 Å². The van der Waals surface area contributed by atoms with Crippen molar-refractivity contribution in [2.75, 3.05) is 0 Å². The summed E-state index contributed by atoms with van der Waals surface area (Å²) in [5.41, 5.74) is -1.72. The topological polar surface area (TPSA) is 78.0 Å². The lowest BCUT2D eigenvalue weighted by Crippen LogP contribution is -2.23. The Kier molecular flexibility index (Phi) is 2.89. The van der Waals surface area contributed by atoms with Crippen LogP contribution in [0.25, 0.3) is 22.5 Å². The van der Waals surface area contributed by atoms with E-state index in [9.17, 15) is 18.0 Å². The molecular formula is C14H7F3N6O. The highest BCUT2D eigenvalue weighted by Gasteiger charge is 2.34. The summed E-state index contributed by atoms with van der Waals surface area (Å²) in [6.07, 6.45) is -2.10. The zero-order chi connectivity index (χ0) is 16.9. The van der Waals surface area contributed by atoms with Gasteiger partial charge < -0.3 is 0 Å². The van der Waals surface area contributed by atoms with Gasteiger partial charge >= 0.3 is 6.18 Å². The number of hydrogen-bond donors (Lipinski definition) is 0. The molecule has 0 saturated heterocycles. The summed E-state index contributed by atoms with van der Waals surface area (Å²) in [6, 6.07) is 6.26. The smallest absolute Gasteiger partial charge is 0.282 e. The molecule has 0 spiro atoms. The minimum Gasteiger partial charge on any atom is -0.282 e. The maximum Gasteiger partial charge on any atom is 0.418 e. The highest BCUT2D eigenvalue weighted by molar-refractivity contribution is 5.74. The first kappa shape index (κ1) is 14.3. The molecule has 1 aromatic carbocycles. The summed E-state index contributed by atoms with van der Waals surface area (Å²) in [5.74, 6) is 0.190. The molecule has 0 N–H and O–H groups in total. The van der Waals surface area contributed by atoms with E-state index in [4.69, 9.17) is 0 Å². The normalized spacial score (nSPS) is 12.1. The second kappa shape index (κ2) is 4.85. The number of benzene rings is 1. The predicted molar refractivity (Wildman–Crippen MR) is 76.7 cm³/mol. The van der Waals surface area contributed by atoms with Gasteiger partial charge in [-0.05, 0) is 18.2 Å². The number of rotatable bonds is 1. The van der Waals surface area contributed by atoms with E-state index in [0.29, 0.717) is 5.52 Å². The molecule has 10 heteroatoms. The number of para-hydroxylation sites is 1. The number of halogens is 3. The van der Waals surface area contributed by atoms with Crippen LogP contribution in [-0.2, 0) is 6.18 Å². The molecule has 0 atom stereocenters. The summed E-state index contributed by atoms with van der Waals surface area (Å²) >= 11 is 0. The molecule has 4 rings (SSSR count). The second-order valence-electron chi connectivity index (χ2n) is 4.91. The van der Waals surface area contributed by atoms with Crippen molar-refractivity contribution < 1.29 is 13.2 Å². The quantitative estimate of drug-likeness (QED) is 0.531. The van der Waals surface area contributed by atoms with E-state index >= 15 is 0 Å². The van der Waals surface area contributed by atoms with Gasteiger partial charge in [0.25, 0.3) is 11.3 Å². The molecule has 0 aliphatic rings. The van der Waals surface area contributed by atoms with Crippen LogP contribution in [0, 0.1) is 0 Å². The maximum atomic E-state index is 13.2. The Bertz CT molecular complexity index is 1130. The van der Waals surface area contributed by atoms with E-state index in [1.165, 1.54) is 41.3 Å². The molecule has 0 amide bonds. The number of nitrogens with zero attached hydrogens (tertiary/aromatic N) is 6. The summed E-state index contributed by atoms with van der Waals surface area (Å²) < 4.78 is 41.7. The fourth-order valence-corrected chi connectivity index (χ4v) is 2.46. The van der Waals surface area contributed by atoms with Gasteiger partial charge in [0.2, 0.25) is 0 Å². The van der Waals surface area contributed by atoms with Crippen LogP contribution in [0.4, 0.5) is 13.2 Å². The summed E-state index contributed by atoms with van der Waals surface area (Å²) in [6.45, 7) is 0. The van der Waals surface area contributed by atoms with Gasteiger partial charge in [0, 0.05) is 6.20 Å². The molecule has 0 bridgehead atoms. The van der Waals surface area contributed by atoms with Crippen molar-refractivity contribution in [3.63, 3.8) is 0 Å². The Morgan fingerprint density at radius 1 is 1.04 bits per heavy atom. The Labute approximate surface area is 131 Å². The van der Waals surface area contributed by atoms with Gasteiger partial charge in [-0.15, -0.1) is 10.2 Å². The average molecular weight is 332 g/mol. The average Bonchev–Trinajstić information content (AvgIpc) is 3.03. The van der Waals surface area contributed by atoms with Crippen LogP contribution in [0.5, 0.6) is 0 Å². The molecule has 0 saturated carbocycles. The number of aromatic nitrogens is 6. The van der Waals surface area contributed by atoms with Crippen LogP contribution in [0.3, 0.4) is 0 Å². The van der Waals surface area contributed by atoms with Crippen molar-refractivity contribution in [2.45, 2.75) is 6.18 Å². The molecule has 0 unspecified atom stereocenters. The Balaban J connectivity index is 2.05.